The summed E-state index contributed by atoms with van der Waals surface area (Å²) in [6, 6.07) is 15.1. The van der Waals surface area contributed by atoms with Crippen LogP contribution in [0.5, 0.6) is 5.75 Å². The Bertz CT molecular complexity index is 792. The second-order valence-corrected chi connectivity index (χ2v) is 4.95. The van der Waals surface area contributed by atoms with Crippen molar-refractivity contribution >= 4 is 16.9 Å². The predicted octanol–water partition coefficient (Wildman–Crippen LogP) is 3.58. The molecule has 0 bridgehead atoms. The number of ether oxygens (including phenoxy) is 2. The first-order valence-electron chi connectivity index (χ1n) is 7.14. The minimum absolute atomic E-state index is 0.332. The second kappa shape index (κ2) is 6.35. The summed E-state index contributed by atoms with van der Waals surface area (Å²) >= 11 is 0. The van der Waals surface area contributed by atoms with E-state index in [0.29, 0.717) is 24.3 Å². The minimum atomic E-state index is -0.364. The van der Waals surface area contributed by atoms with Gasteiger partial charge in [0.1, 0.15) is 11.3 Å². The molecule has 0 saturated heterocycles. The normalized spacial score (nSPS) is 10.6. The van der Waals surface area contributed by atoms with Gasteiger partial charge in [-0.2, -0.15) is 0 Å². The summed E-state index contributed by atoms with van der Waals surface area (Å²) in [5.74, 6) is 0.164. The smallest absolute Gasteiger partial charge is 0.341 e. The summed E-state index contributed by atoms with van der Waals surface area (Å²) in [7, 11) is 1.54. The van der Waals surface area contributed by atoms with Gasteiger partial charge in [-0.05, 0) is 23.8 Å². The lowest BCUT2D eigenvalue weighted by Crippen LogP contribution is -2.09. The number of hydrogen-bond acceptors (Lipinski definition) is 3. The molecule has 3 aromatic rings. The Morgan fingerprint density at radius 2 is 1.86 bits per heavy atom. The molecule has 1 aromatic heterocycles. The average molecular weight is 295 g/mol. The van der Waals surface area contributed by atoms with Crippen LogP contribution in [0.1, 0.15) is 15.9 Å². The number of esters is 1. The van der Waals surface area contributed by atoms with Gasteiger partial charge in [-0.3, -0.25) is 0 Å². The molecule has 0 atom stereocenters. The number of aromatic amines is 1. The van der Waals surface area contributed by atoms with Crippen LogP contribution in [0, 0.1) is 0 Å². The van der Waals surface area contributed by atoms with Crippen molar-refractivity contribution in [2.24, 2.45) is 0 Å². The van der Waals surface area contributed by atoms with E-state index in [1.54, 1.807) is 18.2 Å². The van der Waals surface area contributed by atoms with Crippen molar-refractivity contribution in [1.29, 1.82) is 0 Å². The van der Waals surface area contributed by atoms with Crippen molar-refractivity contribution < 1.29 is 14.3 Å². The van der Waals surface area contributed by atoms with Gasteiger partial charge in [0.15, 0.2) is 0 Å². The van der Waals surface area contributed by atoms with E-state index >= 15 is 0 Å². The van der Waals surface area contributed by atoms with Crippen LogP contribution in [-0.4, -0.2) is 24.7 Å². The summed E-state index contributed by atoms with van der Waals surface area (Å²) in [5.41, 5.74) is 2.68. The van der Waals surface area contributed by atoms with Crippen molar-refractivity contribution in [2.45, 2.75) is 6.42 Å². The van der Waals surface area contributed by atoms with E-state index < -0.39 is 0 Å². The first kappa shape index (κ1) is 14.2. The predicted molar refractivity (Wildman–Crippen MR) is 85.3 cm³/mol. The Hall–Kier alpha value is -2.75. The highest BCUT2D eigenvalue weighted by atomic mass is 16.5. The van der Waals surface area contributed by atoms with Crippen molar-refractivity contribution in [1.82, 2.24) is 4.98 Å². The van der Waals surface area contributed by atoms with Gasteiger partial charge in [-0.25, -0.2) is 4.79 Å². The third kappa shape index (κ3) is 2.81. The second-order valence-electron chi connectivity index (χ2n) is 4.95. The van der Waals surface area contributed by atoms with Crippen molar-refractivity contribution in [3.05, 3.63) is 65.9 Å². The van der Waals surface area contributed by atoms with Crippen LogP contribution in [0.2, 0.25) is 0 Å². The molecular formula is C18H17NO3. The fourth-order valence-electron chi connectivity index (χ4n) is 2.48. The molecule has 1 heterocycles. The number of benzene rings is 2. The van der Waals surface area contributed by atoms with E-state index in [4.69, 9.17) is 9.47 Å². The molecule has 112 valence electrons. The standard InChI is InChI=1S/C18H17NO3/c1-21-17-9-5-3-7-15(17)18(20)22-11-10-13-12-19-16-8-4-2-6-14(13)16/h2-9,12,19H,10-11H2,1H3. The maximum atomic E-state index is 12.1. The number of fused-ring (bicyclic) bond motifs is 1. The molecule has 0 aliphatic heterocycles. The Morgan fingerprint density at radius 3 is 2.73 bits per heavy atom. The average Bonchev–Trinajstić information content (AvgIpc) is 2.98. The summed E-state index contributed by atoms with van der Waals surface area (Å²) in [5, 5.41) is 1.16. The molecule has 22 heavy (non-hydrogen) atoms. The highest BCUT2D eigenvalue weighted by Crippen LogP contribution is 2.20. The van der Waals surface area contributed by atoms with Crippen molar-refractivity contribution in [3.63, 3.8) is 0 Å². The molecule has 1 N–H and O–H groups in total. The first-order valence-corrected chi connectivity index (χ1v) is 7.14. The van der Waals surface area contributed by atoms with Crippen LogP contribution in [0.3, 0.4) is 0 Å². The topological polar surface area (TPSA) is 51.3 Å². The van der Waals surface area contributed by atoms with Gasteiger partial charge in [-0.15, -0.1) is 0 Å². The van der Waals surface area contributed by atoms with Crippen LogP contribution in [0.15, 0.2) is 54.7 Å². The fourth-order valence-corrected chi connectivity index (χ4v) is 2.48. The molecule has 3 rings (SSSR count). The first-order chi connectivity index (χ1) is 10.8. The summed E-state index contributed by atoms with van der Waals surface area (Å²) in [6.07, 6.45) is 2.63. The zero-order chi connectivity index (χ0) is 15.4. The summed E-state index contributed by atoms with van der Waals surface area (Å²) < 4.78 is 10.5. The number of H-pyrrole nitrogens is 1. The van der Waals surface area contributed by atoms with Gasteiger partial charge in [-0.1, -0.05) is 30.3 Å². The molecule has 4 nitrogen and oxygen atoms in total. The van der Waals surface area contributed by atoms with Gasteiger partial charge in [0.05, 0.1) is 13.7 Å². The third-order valence-corrected chi connectivity index (χ3v) is 3.61. The molecular weight excluding hydrogens is 278 g/mol. The van der Waals surface area contributed by atoms with Crippen LogP contribution >= 0.6 is 0 Å². The molecule has 0 aliphatic carbocycles. The van der Waals surface area contributed by atoms with Crippen LogP contribution in [0.25, 0.3) is 10.9 Å². The van der Waals surface area contributed by atoms with Gasteiger partial charge < -0.3 is 14.5 Å². The zero-order valence-corrected chi connectivity index (χ0v) is 12.3. The summed E-state index contributed by atoms with van der Waals surface area (Å²) in [4.78, 5) is 15.3. The lowest BCUT2D eigenvalue weighted by atomic mass is 10.1. The number of carbonyl (C=O) groups is 1. The van der Waals surface area contributed by atoms with Gasteiger partial charge in [0.25, 0.3) is 0 Å². The lowest BCUT2D eigenvalue weighted by molar-refractivity contribution is 0.0506. The molecule has 0 saturated carbocycles. The van der Waals surface area contributed by atoms with E-state index in [1.165, 1.54) is 7.11 Å². The number of rotatable bonds is 5. The molecule has 0 amide bonds. The van der Waals surface area contributed by atoms with Crippen molar-refractivity contribution in [3.8, 4) is 5.75 Å². The molecule has 2 aromatic carbocycles. The van der Waals surface area contributed by atoms with E-state index in [0.717, 1.165) is 16.5 Å². The molecule has 4 heteroatoms. The Morgan fingerprint density at radius 1 is 1.09 bits per heavy atom. The van der Waals surface area contributed by atoms with Crippen LogP contribution < -0.4 is 4.74 Å². The Balaban J connectivity index is 1.64. The van der Waals surface area contributed by atoms with Gasteiger partial charge >= 0.3 is 5.97 Å². The number of carbonyl (C=O) groups excluding carboxylic acids is 1. The molecule has 0 unspecified atom stereocenters. The van der Waals surface area contributed by atoms with E-state index in [2.05, 4.69) is 11.1 Å². The Kier molecular flexibility index (Phi) is 4.10. The van der Waals surface area contributed by atoms with E-state index in [-0.39, 0.29) is 5.97 Å². The monoisotopic (exact) mass is 295 g/mol. The summed E-state index contributed by atoms with van der Waals surface area (Å²) in [6.45, 7) is 0.332. The van der Waals surface area contributed by atoms with Crippen LogP contribution in [-0.2, 0) is 11.2 Å². The molecule has 0 radical (unpaired) electrons. The number of para-hydroxylation sites is 2. The lowest BCUT2D eigenvalue weighted by Gasteiger charge is -2.08. The largest absolute Gasteiger partial charge is 0.496 e. The highest BCUT2D eigenvalue weighted by molar-refractivity contribution is 5.92. The number of nitrogens with one attached hydrogen (secondary N) is 1. The zero-order valence-electron chi connectivity index (χ0n) is 12.3. The SMILES string of the molecule is COc1ccccc1C(=O)OCCc1c[nH]c2ccccc12. The fraction of sp³-hybridized carbons (Fsp3) is 0.167. The van der Waals surface area contributed by atoms with Gasteiger partial charge in [0, 0.05) is 23.5 Å². The minimum Gasteiger partial charge on any atom is -0.496 e. The third-order valence-electron chi connectivity index (χ3n) is 3.61. The maximum Gasteiger partial charge on any atom is 0.341 e. The van der Waals surface area contributed by atoms with Crippen LogP contribution in [0.4, 0.5) is 0 Å². The quantitative estimate of drug-likeness (QED) is 0.732. The number of methoxy groups -OCH3 is 1. The van der Waals surface area contributed by atoms with E-state index in [9.17, 15) is 4.79 Å². The maximum absolute atomic E-state index is 12.1. The van der Waals surface area contributed by atoms with Gasteiger partial charge in [0.2, 0.25) is 0 Å². The number of hydrogen-bond donors (Lipinski definition) is 1. The highest BCUT2D eigenvalue weighted by Gasteiger charge is 2.13. The number of aromatic nitrogens is 1. The molecule has 0 fully saturated rings. The van der Waals surface area contributed by atoms with E-state index in [1.807, 2.05) is 30.5 Å². The van der Waals surface area contributed by atoms with Crippen molar-refractivity contribution in [2.75, 3.05) is 13.7 Å². The Labute approximate surface area is 128 Å². The molecule has 0 aliphatic rings. The molecule has 0 spiro atoms.